The molecule has 4 heteroatoms. The van der Waals surface area contributed by atoms with Crippen LogP contribution in [0.25, 0.3) is 0 Å². The summed E-state index contributed by atoms with van der Waals surface area (Å²) in [6, 6.07) is 0.540. The van der Waals surface area contributed by atoms with E-state index in [0.717, 1.165) is 18.9 Å². The van der Waals surface area contributed by atoms with E-state index in [1.165, 1.54) is 12.8 Å². The summed E-state index contributed by atoms with van der Waals surface area (Å²) >= 11 is 1.78. The average Bonchev–Trinajstić information content (AvgIpc) is 2.35. The standard InChI is InChI=1S/C15H29NO2S/c1-5-7-16-13-9-11(3)8-12(4)15(13)19-10-14(17)18-6-2/h11-13,15-16H,5-10H2,1-4H3. The maximum Gasteiger partial charge on any atom is 0.315 e. The summed E-state index contributed by atoms with van der Waals surface area (Å²) in [6.45, 7) is 10.3. The van der Waals surface area contributed by atoms with Crippen LogP contribution in [0.15, 0.2) is 0 Å². The van der Waals surface area contributed by atoms with Crippen LogP contribution in [0.1, 0.15) is 47.0 Å². The molecule has 0 saturated heterocycles. The second-order valence-electron chi connectivity index (χ2n) is 5.70. The number of hydrogen-bond acceptors (Lipinski definition) is 4. The zero-order valence-electron chi connectivity index (χ0n) is 12.8. The van der Waals surface area contributed by atoms with E-state index >= 15 is 0 Å². The van der Waals surface area contributed by atoms with E-state index in [2.05, 4.69) is 26.1 Å². The Bertz CT molecular complexity index is 273. The third kappa shape index (κ3) is 5.74. The second kappa shape index (κ2) is 8.85. The number of carbonyl (C=O) groups is 1. The molecule has 0 aromatic heterocycles. The number of rotatable bonds is 7. The van der Waals surface area contributed by atoms with Crippen LogP contribution in [0, 0.1) is 11.8 Å². The van der Waals surface area contributed by atoms with Crippen LogP contribution in [-0.2, 0) is 9.53 Å². The molecule has 1 saturated carbocycles. The minimum atomic E-state index is -0.0763. The number of carbonyl (C=O) groups excluding carboxylic acids is 1. The highest BCUT2D eigenvalue weighted by Gasteiger charge is 2.34. The van der Waals surface area contributed by atoms with Crippen molar-refractivity contribution in [2.75, 3.05) is 18.9 Å². The van der Waals surface area contributed by atoms with Crippen molar-refractivity contribution in [3.8, 4) is 0 Å². The molecule has 0 aliphatic heterocycles. The Balaban J connectivity index is 2.50. The molecule has 0 spiro atoms. The smallest absolute Gasteiger partial charge is 0.315 e. The Labute approximate surface area is 122 Å². The molecule has 4 unspecified atom stereocenters. The zero-order chi connectivity index (χ0) is 14.3. The minimum absolute atomic E-state index is 0.0763. The van der Waals surface area contributed by atoms with Gasteiger partial charge in [0.1, 0.15) is 0 Å². The van der Waals surface area contributed by atoms with Crippen LogP contribution in [0.2, 0.25) is 0 Å². The maximum atomic E-state index is 11.5. The van der Waals surface area contributed by atoms with Crippen molar-refractivity contribution in [3.05, 3.63) is 0 Å². The Morgan fingerprint density at radius 2 is 2.05 bits per heavy atom. The molecule has 4 atom stereocenters. The molecule has 19 heavy (non-hydrogen) atoms. The van der Waals surface area contributed by atoms with Gasteiger partial charge in [-0.25, -0.2) is 0 Å². The predicted octanol–water partition coefficient (Wildman–Crippen LogP) is 3.09. The van der Waals surface area contributed by atoms with Gasteiger partial charge in [-0.1, -0.05) is 20.8 Å². The third-order valence-corrected chi connectivity index (χ3v) is 5.32. The number of ether oxygens (including phenoxy) is 1. The van der Waals surface area contributed by atoms with Gasteiger partial charge in [-0.3, -0.25) is 4.79 Å². The van der Waals surface area contributed by atoms with Crippen molar-refractivity contribution in [2.45, 2.75) is 58.2 Å². The first-order valence-corrected chi connectivity index (χ1v) is 8.63. The topological polar surface area (TPSA) is 38.3 Å². The lowest BCUT2D eigenvalue weighted by atomic mass is 9.80. The molecule has 1 aliphatic carbocycles. The minimum Gasteiger partial charge on any atom is -0.465 e. The van der Waals surface area contributed by atoms with Crippen LogP contribution >= 0.6 is 11.8 Å². The van der Waals surface area contributed by atoms with Crippen LogP contribution in [0.5, 0.6) is 0 Å². The molecule has 112 valence electrons. The second-order valence-corrected chi connectivity index (χ2v) is 6.86. The molecule has 0 aromatic rings. The first-order valence-electron chi connectivity index (χ1n) is 7.59. The van der Waals surface area contributed by atoms with E-state index in [1.54, 1.807) is 11.8 Å². The Morgan fingerprint density at radius 1 is 1.32 bits per heavy atom. The van der Waals surface area contributed by atoms with E-state index in [0.29, 0.717) is 29.6 Å². The normalized spacial score (nSPS) is 31.2. The summed E-state index contributed by atoms with van der Waals surface area (Å²) in [4.78, 5) is 11.5. The molecular weight excluding hydrogens is 258 g/mol. The number of nitrogens with one attached hydrogen (secondary N) is 1. The fourth-order valence-electron chi connectivity index (χ4n) is 3.01. The molecule has 0 radical (unpaired) electrons. The lowest BCUT2D eigenvalue weighted by Crippen LogP contribution is -2.47. The molecule has 1 N–H and O–H groups in total. The summed E-state index contributed by atoms with van der Waals surface area (Å²) in [5.41, 5.74) is 0. The van der Waals surface area contributed by atoms with Crippen LogP contribution in [0.4, 0.5) is 0 Å². The molecule has 0 heterocycles. The SMILES string of the molecule is CCCNC1CC(C)CC(C)C1SCC(=O)OCC. The molecule has 1 aliphatic rings. The summed E-state index contributed by atoms with van der Waals surface area (Å²) in [5, 5.41) is 4.20. The van der Waals surface area contributed by atoms with E-state index < -0.39 is 0 Å². The van der Waals surface area contributed by atoms with Crippen LogP contribution in [0.3, 0.4) is 0 Å². The first-order chi connectivity index (χ1) is 9.08. The third-order valence-electron chi connectivity index (χ3n) is 3.74. The van der Waals surface area contributed by atoms with Gasteiger partial charge in [0.2, 0.25) is 0 Å². The maximum absolute atomic E-state index is 11.5. The van der Waals surface area contributed by atoms with Crippen LogP contribution in [-0.4, -0.2) is 36.2 Å². The van der Waals surface area contributed by atoms with Crippen molar-refractivity contribution < 1.29 is 9.53 Å². The first kappa shape index (κ1) is 16.8. The van der Waals surface area contributed by atoms with E-state index in [1.807, 2.05) is 6.92 Å². The zero-order valence-corrected chi connectivity index (χ0v) is 13.6. The van der Waals surface area contributed by atoms with Gasteiger partial charge < -0.3 is 10.1 Å². The van der Waals surface area contributed by atoms with Gasteiger partial charge in [0, 0.05) is 11.3 Å². The summed E-state index contributed by atoms with van der Waals surface area (Å²) in [6.07, 6.45) is 3.66. The van der Waals surface area contributed by atoms with Gasteiger partial charge in [-0.2, -0.15) is 0 Å². The molecule has 0 amide bonds. The Kier molecular flexibility index (Phi) is 7.84. The fourth-order valence-corrected chi connectivity index (χ4v) is 4.30. The lowest BCUT2D eigenvalue weighted by Gasteiger charge is -2.39. The molecule has 0 bridgehead atoms. The highest BCUT2D eigenvalue weighted by molar-refractivity contribution is 8.00. The molecular formula is C15H29NO2S. The largest absolute Gasteiger partial charge is 0.465 e. The highest BCUT2D eigenvalue weighted by Crippen LogP contribution is 2.36. The van der Waals surface area contributed by atoms with Crippen molar-refractivity contribution in [1.82, 2.24) is 5.32 Å². The van der Waals surface area contributed by atoms with Crippen LogP contribution < -0.4 is 5.32 Å². The van der Waals surface area contributed by atoms with Gasteiger partial charge >= 0.3 is 5.97 Å². The van der Waals surface area contributed by atoms with Gasteiger partial charge in [0.15, 0.2) is 0 Å². The summed E-state index contributed by atoms with van der Waals surface area (Å²) in [5.74, 6) is 1.86. The number of hydrogen-bond donors (Lipinski definition) is 1. The van der Waals surface area contributed by atoms with Crippen molar-refractivity contribution in [2.24, 2.45) is 11.8 Å². The van der Waals surface area contributed by atoms with Crippen molar-refractivity contribution in [1.29, 1.82) is 0 Å². The summed E-state index contributed by atoms with van der Waals surface area (Å²) < 4.78 is 5.03. The number of thioether (sulfide) groups is 1. The predicted molar refractivity (Wildman–Crippen MR) is 82.5 cm³/mol. The quantitative estimate of drug-likeness (QED) is 0.730. The van der Waals surface area contributed by atoms with Gasteiger partial charge in [0.25, 0.3) is 0 Å². The van der Waals surface area contributed by atoms with Gasteiger partial charge in [-0.15, -0.1) is 11.8 Å². The van der Waals surface area contributed by atoms with E-state index in [4.69, 9.17) is 4.74 Å². The monoisotopic (exact) mass is 287 g/mol. The molecule has 1 fully saturated rings. The van der Waals surface area contributed by atoms with E-state index in [9.17, 15) is 4.79 Å². The lowest BCUT2D eigenvalue weighted by molar-refractivity contribution is -0.139. The molecule has 0 aromatic carbocycles. The Hall–Kier alpha value is -0.220. The average molecular weight is 287 g/mol. The molecule has 1 rings (SSSR count). The fraction of sp³-hybridized carbons (Fsp3) is 0.933. The van der Waals surface area contributed by atoms with Crippen molar-refractivity contribution >= 4 is 17.7 Å². The summed E-state index contributed by atoms with van der Waals surface area (Å²) in [7, 11) is 0. The van der Waals surface area contributed by atoms with Gasteiger partial charge in [-0.05, 0) is 44.6 Å². The Morgan fingerprint density at radius 3 is 2.68 bits per heavy atom. The highest BCUT2D eigenvalue weighted by atomic mass is 32.2. The van der Waals surface area contributed by atoms with Gasteiger partial charge in [0.05, 0.1) is 12.4 Å². The molecule has 3 nitrogen and oxygen atoms in total. The van der Waals surface area contributed by atoms with E-state index in [-0.39, 0.29) is 5.97 Å². The number of esters is 1. The van der Waals surface area contributed by atoms with Crippen molar-refractivity contribution in [3.63, 3.8) is 0 Å².